The molecule has 0 saturated heterocycles. The van der Waals surface area contributed by atoms with Crippen LogP contribution in [0, 0.1) is 23.2 Å². The van der Waals surface area contributed by atoms with Gasteiger partial charge in [-0.15, -0.1) is 0 Å². The van der Waals surface area contributed by atoms with Crippen LogP contribution < -0.4 is 42.4 Å². The first kappa shape index (κ1) is 73.2. The van der Waals surface area contributed by atoms with Crippen molar-refractivity contribution in [2.45, 2.75) is 163 Å². The molecule has 1 aliphatic heterocycles. The van der Waals surface area contributed by atoms with Crippen molar-refractivity contribution in [3.63, 3.8) is 0 Å². The highest BCUT2D eigenvalue weighted by Crippen LogP contribution is 2.30. The minimum absolute atomic E-state index is 0.0961. The largest absolute Gasteiger partial charge is 0.445 e. The van der Waals surface area contributed by atoms with E-state index in [9.17, 15) is 56.4 Å². The van der Waals surface area contributed by atoms with Gasteiger partial charge in [-0.3, -0.25) is 43.3 Å². The number of nitrogens with two attached hydrogens (primary N) is 1. The Morgan fingerprint density at radius 2 is 1.35 bits per heavy atom. The molecule has 3 aromatic rings. The molecule has 4 rings (SSSR count). The predicted octanol–water partition coefficient (Wildman–Crippen LogP) is 6.17. The summed E-state index contributed by atoms with van der Waals surface area (Å²) in [6.07, 6.45) is 5.39. The Balaban J connectivity index is 1.30. The number of carbonyl (C=O) groups is 10. The summed E-state index contributed by atoms with van der Waals surface area (Å²) in [4.78, 5) is 133. The third-order valence-corrected chi connectivity index (χ3v) is 16.7. The number of nitrogens with zero attached hydrogens (tertiary/aromatic N) is 2. The Labute approximate surface area is 524 Å². The molecule has 1 heterocycles. The van der Waals surface area contributed by atoms with Crippen LogP contribution in [0.1, 0.15) is 136 Å². The van der Waals surface area contributed by atoms with Crippen LogP contribution in [0.15, 0.2) is 103 Å². The van der Waals surface area contributed by atoms with Gasteiger partial charge in [0.05, 0.1) is 23.9 Å². The number of alkyl carbamates (subject to hydrolysis) is 1. The summed E-state index contributed by atoms with van der Waals surface area (Å²) in [7, 11) is -0.778. The number of anilines is 1. The number of nitrogens with one attached hydrogen (secondary N) is 7. The van der Waals surface area contributed by atoms with Crippen molar-refractivity contribution >= 4 is 75.0 Å². The van der Waals surface area contributed by atoms with Crippen LogP contribution in [-0.4, -0.2) is 129 Å². The molecule has 486 valence electrons. The number of benzene rings is 3. The van der Waals surface area contributed by atoms with Crippen LogP contribution in [0.4, 0.5) is 15.3 Å². The quantitative estimate of drug-likeness (QED) is 0.0188. The summed E-state index contributed by atoms with van der Waals surface area (Å²) in [5.41, 5.74) is 6.81. The highest BCUT2D eigenvalue weighted by molar-refractivity contribution is 7.89. The zero-order valence-electron chi connectivity index (χ0n) is 53.5. The van der Waals surface area contributed by atoms with Gasteiger partial charge < -0.3 is 47.3 Å². The number of unbranched alkanes of at least 4 members (excludes halogenated alkanes) is 2. The maximum absolute atomic E-state index is 14.5. The Morgan fingerprint density at radius 1 is 0.730 bits per heavy atom. The molecule has 0 radical (unpaired) electrons. The van der Waals surface area contributed by atoms with Crippen LogP contribution in [0.5, 0.6) is 0 Å². The summed E-state index contributed by atoms with van der Waals surface area (Å²) < 4.78 is 33.4. The van der Waals surface area contributed by atoms with E-state index in [1.54, 1.807) is 88.6 Å². The Hall–Kier alpha value is -8.25. The number of sulfonamides is 1. The van der Waals surface area contributed by atoms with Crippen LogP contribution >= 0.6 is 0 Å². The maximum atomic E-state index is 14.5. The Bertz CT molecular complexity index is 3120. The van der Waals surface area contributed by atoms with Gasteiger partial charge in [-0.05, 0) is 91.3 Å². The second kappa shape index (κ2) is 33.9. The van der Waals surface area contributed by atoms with Gasteiger partial charge >= 0.3 is 12.1 Å². The second-order valence-electron chi connectivity index (χ2n) is 24.8. The molecule has 5 atom stereocenters. The van der Waals surface area contributed by atoms with E-state index in [-0.39, 0.29) is 92.2 Å². The van der Waals surface area contributed by atoms with E-state index < -0.39 is 86.7 Å². The van der Waals surface area contributed by atoms with E-state index >= 15 is 0 Å². The van der Waals surface area contributed by atoms with Gasteiger partial charge in [0, 0.05) is 74.3 Å². The molecular formula is C65H92N10O13S. The number of ketones is 1. The molecule has 0 aromatic heterocycles. The molecule has 0 fully saturated rings. The van der Waals surface area contributed by atoms with Crippen LogP contribution in [0.25, 0.3) is 0 Å². The summed E-state index contributed by atoms with van der Waals surface area (Å²) in [5, 5.41) is 17.1. The topological polar surface area (TPSA) is 331 Å². The molecule has 24 heteroatoms. The highest BCUT2D eigenvalue weighted by atomic mass is 32.2. The number of carbonyl (C=O) groups excluding carboxylic acids is 10. The number of rotatable bonds is 34. The Kier molecular flexibility index (Phi) is 27.9. The lowest BCUT2D eigenvalue weighted by Crippen LogP contribution is -2.61. The van der Waals surface area contributed by atoms with Crippen molar-refractivity contribution in [3.05, 3.63) is 125 Å². The summed E-state index contributed by atoms with van der Waals surface area (Å²) in [6, 6.07) is 18.3. The van der Waals surface area contributed by atoms with Gasteiger partial charge in [0.25, 0.3) is 17.7 Å². The number of primary amides is 1. The van der Waals surface area contributed by atoms with E-state index in [0.29, 0.717) is 42.5 Å². The molecule has 3 aromatic carbocycles. The molecular weight excluding hydrogens is 1160 g/mol. The first-order valence-corrected chi connectivity index (χ1v) is 31.7. The van der Waals surface area contributed by atoms with Gasteiger partial charge in [0.2, 0.25) is 33.7 Å². The van der Waals surface area contributed by atoms with E-state index in [1.165, 1.54) is 24.0 Å². The molecule has 0 aliphatic carbocycles. The number of hydrogen-bond acceptors (Lipinski definition) is 14. The van der Waals surface area contributed by atoms with Gasteiger partial charge in [-0.1, -0.05) is 142 Å². The number of likely N-dealkylation sites (N-methyl/N-ethyl adjacent to an activating group) is 2. The standard InChI is InChI=1S/C65H92N10O13S/c1-41(2)50(36-43(5)58(80)73-89(86,87)40-46-20-15-13-16-21-46)74(12)61(83)57(64(6,7)8)72-60(82)56(67-11)65(9,10)48-28-24-44(25-29-48)38-69-63(85)88-39-45-26-30-49(31-27-45)70-59(81)47(22-19-34-68-62(66)84)37-51(76)55(42(3)4)71-52(77)23-17-14-18-35-75-53(78)32-33-54(75)79/h13,15-16,20-21,24-33,36,41-42,47,50,55-57,67H,14,17-19,22-23,34-35,37-40H2,1-12H3,(H,69,85)(H,70,81)(H,71,77)(H,72,82)(H,73,80)(H3,66,68,84)/b43-36+/t47-,50+,55+,56+,57+/m0/s1. The summed E-state index contributed by atoms with van der Waals surface area (Å²) in [5.74, 6) is -5.22. The van der Waals surface area contributed by atoms with Crippen LogP contribution in [0.2, 0.25) is 0 Å². The Morgan fingerprint density at radius 3 is 1.92 bits per heavy atom. The lowest BCUT2D eigenvalue weighted by atomic mass is 9.76. The lowest BCUT2D eigenvalue weighted by Gasteiger charge is -2.40. The zero-order chi connectivity index (χ0) is 66.4. The first-order valence-electron chi connectivity index (χ1n) is 30.0. The third kappa shape index (κ3) is 23.3. The number of ether oxygens (including phenoxy) is 1. The van der Waals surface area contributed by atoms with Gasteiger partial charge in [-0.2, -0.15) is 0 Å². The van der Waals surface area contributed by atoms with Crippen molar-refractivity contribution in [2.75, 3.05) is 32.5 Å². The SMILES string of the molecule is CN[C@H](C(=O)N[C@H](C(=O)N(C)[C@H](/C=C(\C)C(=O)NS(=O)(=O)Cc1ccccc1)C(C)C)C(C)(C)C)C(C)(C)c1ccc(CNC(=O)OCc2ccc(NC(=O)[C@@H](CCCNC(N)=O)CC(=O)[C@H](NC(=O)CCCCCN3C(=O)C=CC3=O)C(C)C)cc2)cc1. The number of urea groups is 1. The van der Waals surface area contributed by atoms with E-state index in [0.717, 1.165) is 16.0 Å². The summed E-state index contributed by atoms with van der Waals surface area (Å²) in [6.45, 7) is 18.6. The fraction of sp³-hybridized carbons (Fsp3) is 0.508. The minimum Gasteiger partial charge on any atom is -0.445 e. The van der Waals surface area contributed by atoms with Gasteiger partial charge in [0.15, 0.2) is 5.78 Å². The fourth-order valence-corrected chi connectivity index (χ4v) is 11.4. The smallest absolute Gasteiger partial charge is 0.407 e. The average Bonchev–Trinajstić information content (AvgIpc) is 3.28. The van der Waals surface area contributed by atoms with Crippen molar-refractivity contribution in [3.8, 4) is 0 Å². The van der Waals surface area contributed by atoms with Crippen LogP contribution in [-0.2, 0) is 77.4 Å². The van der Waals surface area contributed by atoms with Crippen molar-refractivity contribution in [1.29, 1.82) is 0 Å². The third-order valence-electron chi connectivity index (χ3n) is 15.5. The maximum Gasteiger partial charge on any atom is 0.407 e. The van der Waals surface area contributed by atoms with Crippen molar-refractivity contribution < 1.29 is 61.1 Å². The van der Waals surface area contributed by atoms with E-state index in [2.05, 4.69) is 36.6 Å². The van der Waals surface area contributed by atoms with Crippen molar-refractivity contribution in [1.82, 2.24) is 41.1 Å². The molecule has 0 spiro atoms. The highest BCUT2D eigenvalue weighted by Gasteiger charge is 2.42. The van der Waals surface area contributed by atoms with E-state index in [4.69, 9.17) is 10.5 Å². The zero-order valence-corrected chi connectivity index (χ0v) is 54.3. The molecule has 10 amide bonds. The minimum atomic E-state index is -4.02. The molecule has 9 N–H and O–H groups in total. The van der Waals surface area contributed by atoms with Crippen molar-refractivity contribution in [2.24, 2.45) is 28.9 Å². The molecule has 1 aliphatic rings. The van der Waals surface area contributed by atoms with Gasteiger partial charge in [-0.25, -0.2) is 22.7 Å². The number of Topliss-reactive ketones (excluding diaryl/α,β-unsaturated/α-hetero) is 1. The van der Waals surface area contributed by atoms with E-state index in [1.807, 2.05) is 72.7 Å². The number of imide groups is 1. The first-order chi connectivity index (χ1) is 41.7. The molecule has 0 saturated carbocycles. The summed E-state index contributed by atoms with van der Waals surface area (Å²) >= 11 is 0. The normalized spacial score (nSPS) is 14.5. The molecule has 0 bridgehead atoms. The van der Waals surface area contributed by atoms with Gasteiger partial charge in [0.1, 0.15) is 12.6 Å². The second-order valence-corrected chi connectivity index (χ2v) is 26.6. The number of hydrogen-bond donors (Lipinski definition) is 8. The fourth-order valence-electron chi connectivity index (χ4n) is 10.2. The van der Waals surface area contributed by atoms with Crippen LogP contribution in [0.3, 0.4) is 0 Å². The molecule has 89 heavy (non-hydrogen) atoms. The number of amides is 10. The average molecular weight is 1250 g/mol. The molecule has 23 nitrogen and oxygen atoms in total. The monoisotopic (exact) mass is 1250 g/mol. The predicted molar refractivity (Wildman–Crippen MR) is 339 cm³/mol. The lowest BCUT2D eigenvalue weighted by molar-refractivity contribution is -0.141. The molecule has 0 unspecified atom stereocenters.